The zero-order chi connectivity index (χ0) is 19.4. The fourth-order valence-corrected chi connectivity index (χ4v) is 5.53. The molecule has 1 aliphatic carbocycles. The molecule has 146 valence electrons. The summed E-state index contributed by atoms with van der Waals surface area (Å²) in [5.41, 5.74) is 6.15. The Morgan fingerprint density at radius 1 is 1.00 bits per heavy atom. The first-order valence-corrected chi connectivity index (χ1v) is 10.4. The van der Waals surface area contributed by atoms with Gasteiger partial charge in [-0.05, 0) is 37.1 Å². The Labute approximate surface area is 170 Å². The van der Waals surface area contributed by atoms with E-state index in [1.165, 1.54) is 22.4 Å². The van der Waals surface area contributed by atoms with E-state index in [0.717, 1.165) is 38.2 Å². The molecule has 29 heavy (non-hydrogen) atoms. The lowest BCUT2D eigenvalue weighted by atomic mass is 9.72. The fourth-order valence-electron chi connectivity index (χ4n) is 5.53. The average molecular weight is 384 g/mol. The number of allylic oxidation sites excluding steroid dienone is 1. The topological polar surface area (TPSA) is 47.6 Å². The molecular formula is C24H24N4O. The van der Waals surface area contributed by atoms with Crippen molar-refractivity contribution in [3.63, 3.8) is 0 Å². The number of amides is 1. The van der Waals surface area contributed by atoms with Crippen LogP contribution in [0.3, 0.4) is 0 Å². The first-order chi connectivity index (χ1) is 14.3. The molecule has 0 aromatic heterocycles. The Hall–Kier alpha value is -3.05. The van der Waals surface area contributed by atoms with Gasteiger partial charge < -0.3 is 15.5 Å². The van der Waals surface area contributed by atoms with Crippen molar-refractivity contribution in [3.8, 4) is 0 Å². The minimum Gasteiger partial charge on any atom is -0.362 e. The third-order valence-corrected chi connectivity index (χ3v) is 6.88. The molecule has 2 N–H and O–H groups in total. The van der Waals surface area contributed by atoms with Crippen LogP contribution in [0.5, 0.6) is 0 Å². The van der Waals surface area contributed by atoms with Crippen LogP contribution < -0.4 is 10.6 Å². The fraction of sp³-hybridized carbons (Fsp3) is 0.292. The van der Waals surface area contributed by atoms with Gasteiger partial charge in [-0.3, -0.25) is 9.69 Å². The first kappa shape index (κ1) is 16.9. The maximum absolute atomic E-state index is 12.7. The summed E-state index contributed by atoms with van der Waals surface area (Å²) < 4.78 is 0. The maximum atomic E-state index is 12.7. The lowest BCUT2D eigenvalue weighted by Gasteiger charge is -2.46. The van der Waals surface area contributed by atoms with Crippen LogP contribution in [0.2, 0.25) is 0 Å². The van der Waals surface area contributed by atoms with Crippen LogP contribution in [-0.2, 0) is 16.8 Å². The van der Waals surface area contributed by atoms with Gasteiger partial charge in [0.1, 0.15) is 0 Å². The summed E-state index contributed by atoms with van der Waals surface area (Å²) in [6.45, 7) is 3.09. The van der Waals surface area contributed by atoms with Gasteiger partial charge in [-0.25, -0.2) is 0 Å². The molecule has 0 saturated carbocycles. The van der Waals surface area contributed by atoms with Gasteiger partial charge in [-0.1, -0.05) is 54.6 Å². The van der Waals surface area contributed by atoms with Crippen molar-refractivity contribution in [3.05, 3.63) is 89.4 Å². The number of fused-ring (bicyclic) bond motifs is 6. The molecule has 1 fully saturated rings. The Morgan fingerprint density at radius 3 is 2.59 bits per heavy atom. The largest absolute Gasteiger partial charge is 0.362 e. The van der Waals surface area contributed by atoms with Gasteiger partial charge in [0.25, 0.3) is 5.91 Å². The molecule has 1 amide bonds. The van der Waals surface area contributed by atoms with Gasteiger partial charge in [0, 0.05) is 29.9 Å². The van der Waals surface area contributed by atoms with Gasteiger partial charge in [0.2, 0.25) is 0 Å². The highest BCUT2D eigenvalue weighted by atomic mass is 16.2. The summed E-state index contributed by atoms with van der Waals surface area (Å²) in [7, 11) is 0. The Kier molecular flexibility index (Phi) is 3.62. The summed E-state index contributed by atoms with van der Waals surface area (Å²) in [6.07, 6.45) is 5.71. The lowest BCUT2D eigenvalue weighted by molar-refractivity contribution is -0.124. The molecular weight excluding hydrogens is 360 g/mol. The van der Waals surface area contributed by atoms with Crippen molar-refractivity contribution in [2.75, 3.05) is 13.1 Å². The number of hydrogen-bond donors (Lipinski definition) is 2. The van der Waals surface area contributed by atoms with E-state index in [1.807, 2.05) is 12.4 Å². The molecule has 0 radical (unpaired) electrons. The molecule has 2 aromatic rings. The quantitative estimate of drug-likeness (QED) is 0.836. The molecule has 6 rings (SSSR count). The van der Waals surface area contributed by atoms with Crippen molar-refractivity contribution in [2.24, 2.45) is 0 Å². The van der Waals surface area contributed by atoms with E-state index in [9.17, 15) is 4.79 Å². The Balaban J connectivity index is 1.36. The van der Waals surface area contributed by atoms with Crippen LogP contribution in [-0.4, -0.2) is 35.0 Å². The monoisotopic (exact) mass is 384 g/mol. The molecule has 1 saturated heterocycles. The second-order valence-corrected chi connectivity index (χ2v) is 8.39. The summed E-state index contributed by atoms with van der Waals surface area (Å²) in [5.74, 6) is 0.0158. The summed E-state index contributed by atoms with van der Waals surface area (Å²) in [6, 6.07) is 19.3. The molecule has 0 bridgehead atoms. The number of piperidine rings is 1. The Morgan fingerprint density at radius 2 is 1.76 bits per heavy atom. The predicted molar refractivity (Wildman–Crippen MR) is 112 cm³/mol. The molecule has 3 aliphatic heterocycles. The highest BCUT2D eigenvalue weighted by molar-refractivity contribution is 5.97. The van der Waals surface area contributed by atoms with Crippen molar-refractivity contribution < 1.29 is 4.79 Å². The van der Waals surface area contributed by atoms with Gasteiger partial charge in [-0.2, -0.15) is 0 Å². The van der Waals surface area contributed by atoms with Gasteiger partial charge in [0.05, 0.1) is 11.4 Å². The van der Waals surface area contributed by atoms with Gasteiger partial charge in [-0.15, -0.1) is 0 Å². The van der Waals surface area contributed by atoms with Crippen molar-refractivity contribution in [1.29, 1.82) is 0 Å². The number of likely N-dealkylation sites (tertiary alicyclic amines) is 1. The second kappa shape index (κ2) is 6.22. The smallest absolute Gasteiger partial charge is 0.268 e. The van der Waals surface area contributed by atoms with Crippen molar-refractivity contribution in [1.82, 2.24) is 20.4 Å². The number of carbonyl (C=O) groups is 1. The van der Waals surface area contributed by atoms with E-state index >= 15 is 0 Å². The van der Waals surface area contributed by atoms with Crippen LogP contribution in [0.4, 0.5) is 0 Å². The van der Waals surface area contributed by atoms with E-state index in [4.69, 9.17) is 0 Å². The molecule has 3 heterocycles. The highest BCUT2D eigenvalue weighted by Gasteiger charge is 2.53. The minimum atomic E-state index is -0.331. The third kappa shape index (κ3) is 2.40. The molecule has 1 spiro atoms. The molecule has 5 heteroatoms. The van der Waals surface area contributed by atoms with Gasteiger partial charge in [0.15, 0.2) is 6.17 Å². The number of carbonyl (C=O) groups excluding carboxylic acids is 1. The molecule has 1 unspecified atom stereocenters. The van der Waals surface area contributed by atoms with Crippen molar-refractivity contribution in [2.45, 2.75) is 31.0 Å². The molecule has 4 aliphatic rings. The summed E-state index contributed by atoms with van der Waals surface area (Å²) in [4.78, 5) is 17.4. The van der Waals surface area contributed by atoms with Crippen LogP contribution in [0, 0.1) is 0 Å². The second-order valence-electron chi connectivity index (χ2n) is 8.39. The zero-order valence-corrected chi connectivity index (χ0v) is 16.3. The van der Waals surface area contributed by atoms with Crippen molar-refractivity contribution >= 4 is 11.6 Å². The van der Waals surface area contributed by atoms with E-state index in [-0.39, 0.29) is 17.5 Å². The molecule has 5 nitrogen and oxygen atoms in total. The van der Waals surface area contributed by atoms with Crippen LogP contribution >= 0.6 is 0 Å². The number of rotatable bonds is 2. The van der Waals surface area contributed by atoms with E-state index < -0.39 is 0 Å². The highest BCUT2D eigenvalue weighted by Crippen LogP contribution is 2.54. The number of nitrogens with one attached hydrogen (secondary N) is 2. The standard InChI is InChI=1S/C24H24N4O/c29-23-22-25-12-15-28(22)21-20(26-23)18-8-4-5-9-19(18)24(21)10-13-27(14-11-24)16-17-6-2-1-3-7-17/h1-9,12,15,22,25H,10-11,13-14,16H2,(H,26,29). The van der Waals surface area contributed by atoms with Gasteiger partial charge >= 0.3 is 0 Å². The summed E-state index contributed by atoms with van der Waals surface area (Å²) in [5, 5.41) is 6.41. The SMILES string of the molecule is O=C1NC2=C(N3C=CNC13)C1(CCN(Cc3ccccc3)CC1)c1ccccc12. The normalized spacial score (nSPS) is 24.2. The Bertz CT molecular complexity index is 1030. The average Bonchev–Trinajstić information content (AvgIpc) is 3.34. The number of nitrogens with zero attached hydrogens (tertiary/aromatic N) is 2. The lowest BCUT2D eigenvalue weighted by Crippen LogP contribution is -2.55. The summed E-state index contributed by atoms with van der Waals surface area (Å²) >= 11 is 0. The zero-order valence-electron chi connectivity index (χ0n) is 16.3. The first-order valence-electron chi connectivity index (χ1n) is 10.4. The minimum absolute atomic E-state index is 0.0158. The van der Waals surface area contributed by atoms with E-state index in [0.29, 0.717) is 0 Å². The molecule has 1 atom stereocenters. The van der Waals surface area contributed by atoms with E-state index in [1.54, 1.807) is 0 Å². The number of benzene rings is 2. The number of hydrogen-bond acceptors (Lipinski definition) is 4. The molecule has 2 aromatic carbocycles. The van der Waals surface area contributed by atoms with Crippen LogP contribution in [0.1, 0.15) is 29.5 Å². The predicted octanol–water partition coefficient (Wildman–Crippen LogP) is 2.73. The maximum Gasteiger partial charge on any atom is 0.268 e. The van der Waals surface area contributed by atoms with Crippen LogP contribution in [0.25, 0.3) is 5.70 Å². The van der Waals surface area contributed by atoms with Crippen LogP contribution in [0.15, 0.2) is 72.7 Å². The third-order valence-electron chi connectivity index (χ3n) is 6.88. The van der Waals surface area contributed by atoms with E-state index in [2.05, 4.69) is 75.0 Å².